The summed E-state index contributed by atoms with van der Waals surface area (Å²) in [4.78, 5) is 26.1. The van der Waals surface area contributed by atoms with Crippen LogP contribution < -0.4 is 0 Å². The van der Waals surface area contributed by atoms with E-state index in [2.05, 4.69) is 15.0 Å². The number of carbonyl (C=O) groups is 1. The van der Waals surface area contributed by atoms with Gasteiger partial charge in [-0.05, 0) is 51.3 Å². The second-order valence-corrected chi connectivity index (χ2v) is 12.0. The van der Waals surface area contributed by atoms with E-state index in [1.165, 1.54) is 0 Å². The van der Waals surface area contributed by atoms with Crippen molar-refractivity contribution in [2.24, 2.45) is 0 Å². The van der Waals surface area contributed by atoms with Crippen LogP contribution in [0.5, 0.6) is 0 Å². The molecule has 220 valence electrons. The number of hydrogen-bond donors (Lipinski definition) is 0. The molecule has 2 fully saturated rings. The number of morpholine rings is 1. The van der Waals surface area contributed by atoms with Crippen LogP contribution in [0.1, 0.15) is 45.2 Å². The van der Waals surface area contributed by atoms with E-state index < -0.39 is 5.60 Å². The molecule has 42 heavy (non-hydrogen) atoms. The van der Waals surface area contributed by atoms with E-state index in [0.29, 0.717) is 49.6 Å². The Bertz CT molecular complexity index is 1570. The van der Waals surface area contributed by atoms with Crippen LogP contribution in [0.4, 0.5) is 9.18 Å². The molecule has 9 nitrogen and oxygen atoms in total. The number of aromatic nitrogens is 4. The molecule has 0 saturated carbocycles. The molecule has 4 heterocycles. The van der Waals surface area contributed by atoms with Crippen LogP contribution in [0.25, 0.3) is 33.4 Å². The Morgan fingerprint density at radius 2 is 1.83 bits per heavy atom. The fraction of sp³-hybridized carbons (Fsp3) is 0.438. The second-order valence-electron chi connectivity index (χ2n) is 12.0. The quantitative estimate of drug-likeness (QED) is 0.303. The van der Waals surface area contributed by atoms with Crippen molar-refractivity contribution >= 4 is 17.1 Å². The molecule has 1 amide bonds. The third-order valence-electron chi connectivity index (χ3n) is 7.82. The Morgan fingerprint density at radius 3 is 2.57 bits per heavy atom. The summed E-state index contributed by atoms with van der Waals surface area (Å²) in [6.45, 7) is 10.4. The first kappa shape index (κ1) is 28.2. The van der Waals surface area contributed by atoms with Crippen LogP contribution in [0, 0.1) is 5.82 Å². The Balaban J connectivity index is 1.19. The molecule has 0 aliphatic carbocycles. The monoisotopic (exact) mass is 572 g/mol. The number of benzene rings is 2. The number of carbonyl (C=O) groups excluding carboxylic acids is 1. The summed E-state index contributed by atoms with van der Waals surface area (Å²) in [6.07, 6.45) is 6.87. The molecule has 10 heteroatoms. The zero-order chi connectivity index (χ0) is 29.3. The van der Waals surface area contributed by atoms with Gasteiger partial charge in [-0.2, -0.15) is 5.10 Å². The topological polar surface area (TPSA) is 85.6 Å². The summed E-state index contributed by atoms with van der Waals surface area (Å²) in [5.41, 5.74) is 4.80. The van der Waals surface area contributed by atoms with E-state index in [4.69, 9.17) is 14.5 Å². The highest BCUT2D eigenvalue weighted by Crippen LogP contribution is 2.31. The number of para-hydroxylation sites is 1. The lowest BCUT2D eigenvalue weighted by Crippen LogP contribution is -2.42. The number of ether oxygens (including phenoxy) is 2. The Labute approximate surface area is 245 Å². The number of piperidine rings is 1. The molecule has 2 aliphatic heterocycles. The highest BCUT2D eigenvalue weighted by Gasteiger charge is 2.28. The van der Waals surface area contributed by atoms with Gasteiger partial charge in [0, 0.05) is 55.6 Å². The number of nitrogens with zero attached hydrogens (tertiary/aromatic N) is 6. The Hall–Kier alpha value is -3.89. The summed E-state index contributed by atoms with van der Waals surface area (Å²) < 4.78 is 28.1. The third-order valence-corrected chi connectivity index (χ3v) is 7.82. The first-order valence-electron chi connectivity index (χ1n) is 14.6. The largest absolute Gasteiger partial charge is 0.444 e. The highest BCUT2D eigenvalue weighted by atomic mass is 19.1. The molecule has 0 unspecified atom stereocenters. The first-order chi connectivity index (χ1) is 20.2. The van der Waals surface area contributed by atoms with Crippen LogP contribution in [0.2, 0.25) is 0 Å². The lowest BCUT2D eigenvalue weighted by atomic mass is 10.0. The fourth-order valence-corrected chi connectivity index (χ4v) is 5.56. The second kappa shape index (κ2) is 11.8. The summed E-state index contributed by atoms with van der Waals surface area (Å²) in [5.74, 6) is -0.223. The van der Waals surface area contributed by atoms with Gasteiger partial charge in [-0.15, -0.1) is 0 Å². The van der Waals surface area contributed by atoms with Crippen molar-refractivity contribution in [3.05, 3.63) is 66.4 Å². The molecule has 2 saturated heterocycles. The van der Waals surface area contributed by atoms with Crippen molar-refractivity contribution < 1.29 is 18.7 Å². The highest BCUT2D eigenvalue weighted by molar-refractivity contribution is 5.92. The Kier molecular flexibility index (Phi) is 7.92. The fourth-order valence-electron chi connectivity index (χ4n) is 5.56. The van der Waals surface area contributed by atoms with Crippen LogP contribution in [0.15, 0.2) is 55.0 Å². The molecule has 0 radical (unpaired) electrons. The smallest absolute Gasteiger partial charge is 0.410 e. The van der Waals surface area contributed by atoms with E-state index in [-0.39, 0.29) is 18.0 Å². The van der Waals surface area contributed by atoms with Crippen molar-refractivity contribution in [2.45, 2.75) is 51.8 Å². The van der Waals surface area contributed by atoms with Gasteiger partial charge in [0.05, 0.1) is 48.4 Å². The molecule has 4 aromatic rings. The maximum Gasteiger partial charge on any atom is 0.410 e. The molecular weight excluding hydrogens is 535 g/mol. The average molecular weight is 573 g/mol. The van der Waals surface area contributed by atoms with Crippen LogP contribution >= 0.6 is 0 Å². The number of fused-ring (bicyclic) bond motifs is 1. The molecular formula is C32H37FN6O3. The predicted molar refractivity (Wildman–Crippen MR) is 158 cm³/mol. The maximum atomic E-state index is 15.2. The van der Waals surface area contributed by atoms with Gasteiger partial charge < -0.3 is 14.4 Å². The van der Waals surface area contributed by atoms with Gasteiger partial charge in [-0.25, -0.2) is 14.2 Å². The summed E-state index contributed by atoms with van der Waals surface area (Å²) >= 11 is 0. The molecule has 2 aromatic heterocycles. The van der Waals surface area contributed by atoms with Gasteiger partial charge in [0.25, 0.3) is 0 Å². The van der Waals surface area contributed by atoms with Crippen molar-refractivity contribution in [1.29, 1.82) is 0 Å². The van der Waals surface area contributed by atoms with Crippen molar-refractivity contribution in [3.8, 4) is 22.4 Å². The van der Waals surface area contributed by atoms with Crippen molar-refractivity contribution in [1.82, 2.24) is 29.5 Å². The number of hydrogen-bond acceptors (Lipinski definition) is 7. The van der Waals surface area contributed by atoms with Gasteiger partial charge in [0.2, 0.25) is 0 Å². The standard InChI is InChI=1S/C32H37FN6O3/c1-32(2,3)42-31(40)38-11-9-25(10-12-38)39-21-24(18-35-39)29-19-34-28-6-4-5-26(30(28)36-29)22-7-8-23(27(33)17-22)20-37-13-15-41-16-14-37/h4-8,17-19,21,25H,9-16,20H2,1-3H3. The van der Waals surface area contributed by atoms with Gasteiger partial charge in [0.15, 0.2) is 0 Å². The average Bonchev–Trinajstić information content (AvgIpc) is 3.48. The van der Waals surface area contributed by atoms with E-state index >= 15 is 4.39 Å². The predicted octanol–water partition coefficient (Wildman–Crippen LogP) is 5.70. The molecule has 0 bridgehead atoms. The van der Waals surface area contributed by atoms with Gasteiger partial charge >= 0.3 is 6.09 Å². The SMILES string of the molecule is CC(C)(C)OC(=O)N1CCC(n2cc(-c3cnc4cccc(-c5ccc(CN6CCOCC6)c(F)c5)c4n3)cn2)CC1. The molecule has 2 aliphatic rings. The minimum Gasteiger partial charge on any atom is -0.444 e. The van der Waals surface area contributed by atoms with E-state index in [9.17, 15) is 4.79 Å². The number of halogens is 1. The van der Waals surface area contributed by atoms with Crippen molar-refractivity contribution in [2.75, 3.05) is 39.4 Å². The summed E-state index contributed by atoms with van der Waals surface area (Å²) in [5, 5.41) is 4.63. The molecule has 2 aromatic carbocycles. The summed E-state index contributed by atoms with van der Waals surface area (Å²) in [7, 11) is 0. The molecule has 0 N–H and O–H groups in total. The van der Waals surface area contributed by atoms with Gasteiger partial charge in [-0.1, -0.05) is 24.3 Å². The lowest BCUT2D eigenvalue weighted by molar-refractivity contribution is 0.0184. The number of likely N-dealkylation sites (tertiary alicyclic amines) is 1. The normalized spacial score (nSPS) is 17.1. The molecule has 6 rings (SSSR count). The van der Waals surface area contributed by atoms with E-state index in [0.717, 1.165) is 48.1 Å². The number of rotatable bonds is 5. The molecule has 0 spiro atoms. The van der Waals surface area contributed by atoms with Crippen molar-refractivity contribution in [3.63, 3.8) is 0 Å². The maximum absolute atomic E-state index is 15.2. The Morgan fingerprint density at radius 1 is 1.05 bits per heavy atom. The van der Waals surface area contributed by atoms with Crippen LogP contribution in [-0.4, -0.2) is 80.6 Å². The third kappa shape index (κ3) is 6.29. The first-order valence-corrected chi connectivity index (χ1v) is 14.6. The van der Waals surface area contributed by atoms with Crippen LogP contribution in [-0.2, 0) is 16.0 Å². The van der Waals surface area contributed by atoms with Gasteiger partial charge in [-0.3, -0.25) is 14.6 Å². The number of amides is 1. The summed E-state index contributed by atoms with van der Waals surface area (Å²) in [6, 6.07) is 11.4. The zero-order valence-electron chi connectivity index (χ0n) is 24.4. The lowest BCUT2D eigenvalue weighted by Gasteiger charge is -2.33. The zero-order valence-corrected chi connectivity index (χ0v) is 24.4. The van der Waals surface area contributed by atoms with Crippen LogP contribution in [0.3, 0.4) is 0 Å². The van der Waals surface area contributed by atoms with E-state index in [1.807, 2.05) is 62.0 Å². The van der Waals surface area contributed by atoms with E-state index in [1.54, 1.807) is 23.4 Å². The minimum atomic E-state index is -0.508. The molecule has 0 atom stereocenters. The minimum absolute atomic E-state index is 0.181. The van der Waals surface area contributed by atoms with Gasteiger partial charge in [0.1, 0.15) is 11.4 Å².